The predicted octanol–water partition coefficient (Wildman–Crippen LogP) is 2.37. The van der Waals surface area contributed by atoms with Crippen molar-refractivity contribution < 1.29 is 4.79 Å². The third-order valence-electron chi connectivity index (χ3n) is 3.39. The number of amides is 1. The van der Waals surface area contributed by atoms with Crippen LogP contribution in [0.1, 0.15) is 31.7 Å². The Morgan fingerprint density at radius 3 is 2.63 bits per heavy atom. The summed E-state index contributed by atoms with van der Waals surface area (Å²) in [6, 6.07) is 9.69. The molecule has 1 aromatic rings. The van der Waals surface area contributed by atoms with E-state index < -0.39 is 0 Å². The molecule has 100 valence electrons. The first-order valence-corrected chi connectivity index (χ1v) is 6.77. The van der Waals surface area contributed by atoms with Gasteiger partial charge in [-0.05, 0) is 43.7 Å². The Labute approximate surface area is 114 Å². The van der Waals surface area contributed by atoms with E-state index in [0.29, 0.717) is 18.0 Å². The lowest BCUT2D eigenvalue weighted by Crippen LogP contribution is -2.29. The Hall–Kier alpha value is -1.86. The van der Waals surface area contributed by atoms with Gasteiger partial charge in [0.15, 0.2) is 0 Å². The van der Waals surface area contributed by atoms with E-state index in [0.717, 1.165) is 18.8 Å². The van der Waals surface area contributed by atoms with Crippen LogP contribution in [0.25, 0.3) is 0 Å². The van der Waals surface area contributed by atoms with Gasteiger partial charge in [-0.2, -0.15) is 5.26 Å². The molecule has 1 aliphatic carbocycles. The topological polar surface area (TPSA) is 56.1 Å². The van der Waals surface area contributed by atoms with Crippen molar-refractivity contribution in [3.05, 3.63) is 29.8 Å². The van der Waals surface area contributed by atoms with Crippen LogP contribution in [-0.2, 0) is 4.79 Å². The van der Waals surface area contributed by atoms with Crippen LogP contribution in [0.15, 0.2) is 24.3 Å². The van der Waals surface area contributed by atoms with Crippen LogP contribution in [0.2, 0.25) is 0 Å². The van der Waals surface area contributed by atoms with Gasteiger partial charge in [-0.25, -0.2) is 0 Å². The number of carbonyl (C=O) groups excluding carboxylic acids is 1. The summed E-state index contributed by atoms with van der Waals surface area (Å²) in [4.78, 5) is 14.2. The second kappa shape index (κ2) is 6.35. The smallest absolute Gasteiger partial charge is 0.225 e. The molecule has 0 unspecified atom stereocenters. The highest BCUT2D eigenvalue weighted by atomic mass is 16.1. The van der Waals surface area contributed by atoms with Gasteiger partial charge in [0.2, 0.25) is 5.91 Å². The third kappa shape index (κ3) is 4.08. The first-order valence-electron chi connectivity index (χ1n) is 6.77. The maximum Gasteiger partial charge on any atom is 0.225 e. The van der Waals surface area contributed by atoms with Crippen molar-refractivity contribution in [3.63, 3.8) is 0 Å². The fraction of sp³-hybridized carbons (Fsp3) is 0.467. The molecule has 1 aliphatic rings. The highest BCUT2D eigenvalue weighted by Gasteiger charge is 2.27. The van der Waals surface area contributed by atoms with Crippen LogP contribution in [-0.4, -0.2) is 29.9 Å². The molecule has 0 bridgehead atoms. The maximum absolute atomic E-state index is 11.8. The number of nitriles is 1. The van der Waals surface area contributed by atoms with Gasteiger partial charge >= 0.3 is 0 Å². The summed E-state index contributed by atoms with van der Waals surface area (Å²) in [5.74, 6) is 0.0313. The summed E-state index contributed by atoms with van der Waals surface area (Å²) in [6.45, 7) is 3.97. The van der Waals surface area contributed by atoms with E-state index in [1.54, 1.807) is 24.3 Å². The molecular weight excluding hydrogens is 238 g/mol. The molecule has 0 heterocycles. The van der Waals surface area contributed by atoms with Crippen molar-refractivity contribution in [1.82, 2.24) is 4.90 Å². The Kier molecular flexibility index (Phi) is 4.53. The largest absolute Gasteiger partial charge is 0.326 e. The Morgan fingerprint density at radius 2 is 2.11 bits per heavy atom. The maximum atomic E-state index is 11.8. The van der Waals surface area contributed by atoms with Crippen molar-refractivity contribution >= 4 is 11.6 Å². The van der Waals surface area contributed by atoms with Crippen molar-refractivity contribution in [2.24, 2.45) is 0 Å². The van der Waals surface area contributed by atoms with E-state index in [-0.39, 0.29) is 5.91 Å². The average Bonchev–Trinajstić information content (AvgIpc) is 3.25. The summed E-state index contributed by atoms with van der Waals surface area (Å²) in [5, 5.41) is 11.6. The molecule has 1 fully saturated rings. The monoisotopic (exact) mass is 257 g/mol. The van der Waals surface area contributed by atoms with Gasteiger partial charge in [-0.1, -0.05) is 6.92 Å². The molecule has 0 spiro atoms. The molecule has 1 amide bonds. The SMILES string of the molecule is CCN(CCC(=O)Nc1ccc(C#N)cc1)C1CC1. The van der Waals surface area contributed by atoms with Crippen LogP contribution >= 0.6 is 0 Å². The molecule has 1 saturated carbocycles. The second-order valence-electron chi connectivity index (χ2n) is 4.85. The lowest BCUT2D eigenvalue weighted by atomic mass is 10.2. The highest BCUT2D eigenvalue weighted by Crippen LogP contribution is 2.26. The number of anilines is 1. The summed E-state index contributed by atoms with van der Waals surface area (Å²) < 4.78 is 0. The van der Waals surface area contributed by atoms with E-state index in [9.17, 15) is 4.79 Å². The number of rotatable bonds is 6. The molecule has 19 heavy (non-hydrogen) atoms. The molecular formula is C15H19N3O. The quantitative estimate of drug-likeness (QED) is 0.851. The summed E-state index contributed by atoms with van der Waals surface area (Å²) >= 11 is 0. The second-order valence-corrected chi connectivity index (χ2v) is 4.85. The van der Waals surface area contributed by atoms with E-state index in [1.807, 2.05) is 0 Å². The van der Waals surface area contributed by atoms with Crippen molar-refractivity contribution in [2.45, 2.75) is 32.2 Å². The van der Waals surface area contributed by atoms with Crippen LogP contribution in [0.4, 0.5) is 5.69 Å². The van der Waals surface area contributed by atoms with Crippen LogP contribution in [0, 0.1) is 11.3 Å². The zero-order valence-corrected chi connectivity index (χ0v) is 11.2. The van der Waals surface area contributed by atoms with Gasteiger partial charge in [0.05, 0.1) is 11.6 Å². The van der Waals surface area contributed by atoms with Gasteiger partial charge in [0, 0.05) is 24.7 Å². The first-order chi connectivity index (χ1) is 9.22. The minimum Gasteiger partial charge on any atom is -0.326 e. The van der Waals surface area contributed by atoms with Gasteiger partial charge in [-0.15, -0.1) is 0 Å². The molecule has 4 heteroatoms. The molecule has 4 nitrogen and oxygen atoms in total. The number of nitrogens with one attached hydrogen (secondary N) is 1. The highest BCUT2D eigenvalue weighted by molar-refractivity contribution is 5.90. The third-order valence-corrected chi connectivity index (χ3v) is 3.39. The van der Waals surface area contributed by atoms with Gasteiger partial charge in [0.25, 0.3) is 0 Å². The van der Waals surface area contributed by atoms with E-state index in [1.165, 1.54) is 12.8 Å². The minimum absolute atomic E-state index is 0.0313. The predicted molar refractivity (Wildman–Crippen MR) is 74.7 cm³/mol. The van der Waals surface area contributed by atoms with Crippen molar-refractivity contribution in [2.75, 3.05) is 18.4 Å². The molecule has 0 aliphatic heterocycles. The fourth-order valence-electron chi connectivity index (χ4n) is 2.14. The lowest BCUT2D eigenvalue weighted by Gasteiger charge is -2.19. The minimum atomic E-state index is 0.0313. The van der Waals surface area contributed by atoms with E-state index >= 15 is 0 Å². The van der Waals surface area contributed by atoms with Gasteiger partial charge < -0.3 is 10.2 Å². The fourth-order valence-corrected chi connectivity index (χ4v) is 2.14. The molecule has 2 rings (SSSR count). The normalized spacial score (nSPS) is 14.2. The van der Waals surface area contributed by atoms with E-state index in [2.05, 4.69) is 23.2 Å². The summed E-state index contributed by atoms with van der Waals surface area (Å²) in [7, 11) is 0. The first kappa shape index (κ1) is 13.6. The molecule has 0 radical (unpaired) electrons. The molecule has 0 aromatic heterocycles. The number of nitrogens with zero attached hydrogens (tertiary/aromatic N) is 2. The molecule has 1 N–H and O–H groups in total. The van der Waals surface area contributed by atoms with E-state index in [4.69, 9.17) is 5.26 Å². The zero-order valence-electron chi connectivity index (χ0n) is 11.2. The lowest BCUT2D eigenvalue weighted by molar-refractivity contribution is -0.116. The van der Waals surface area contributed by atoms with Crippen molar-refractivity contribution in [1.29, 1.82) is 5.26 Å². The molecule has 0 atom stereocenters. The Balaban J connectivity index is 1.78. The standard InChI is InChI=1S/C15H19N3O/c1-2-18(14-7-8-14)10-9-15(19)17-13-5-3-12(11-16)4-6-13/h3-6,14H,2,7-10H2,1H3,(H,17,19). The number of hydrogen-bond acceptors (Lipinski definition) is 3. The van der Waals surface area contributed by atoms with Gasteiger partial charge in [0.1, 0.15) is 0 Å². The number of benzene rings is 1. The van der Waals surface area contributed by atoms with Crippen LogP contribution in [0.3, 0.4) is 0 Å². The van der Waals surface area contributed by atoms with Crippen LogP contribution in [0.5, 0.6) is 0 Å². The van der Waals surface area contributed by atoms with Crippen molar-refractivity contribution in [3.8, 4) is 6.07 Å². The van der Waals surface area contributed by atoms with Crippen LogP contribution < -0.4 is 5.32 Å². The average molecular weight is 257 g/mol. The Bertz CT molecular complexity index is 471. The number of hydrogen-bond donors (Lipinski definition) is 1. The zero-order chi connectivity index (χ0) is 13.7. The summed E-state index contributed by atoms with van der Waals surface area (Å²) in [5.41, 5.74) is 1.35. The molecule has 0 saturated heterocycles. The summed E-state index contributed by atoms with van der Waals surface area (Å²) in [6.07, 6.45) is 3.06. The molecule has 1 aromatic carbocycles. The Morgan fingerprint density at radius 1 is 1.42 bits per heavy atom. The number of carbonyl (C=O) groups is 1. The van der Waals surface area contributed by atoms with Gasteiger partial charge in [-0.3, -0.25) is 4.79 Å².